The molecule has 0 saturated heterocycles. The average molecular weight is 934 g/mol. The van der Waals surface area contributed by atoms with Gasteiger partial charge in [0.1, 0.15) is 13.2 Å². The molecule has 0 aliphatic heterocycles. The van der Waals surface area contributed by atoms with Gasteiger partial charge >= 0.3 is 17.9 Å². The minimum atomic E-state index is -0.763. The lowest BCUT2D eigenvalue weighted by molar-refractivity contribution is -0.167. The van der Waals surface area contributed by atoms with E-state index < -0.39 is 6.10 Å². The van der Waals surface area contributed by atoms with E-state index >= 15 is 0 Å². The molecule has 0 aliphatic carbocycles. The van der Waals surface area contributed by atoms with Crippen molar-refractivity contribution in [2.45, 2.75) is 343 Å². The summed E-state index contributed by atoms with van der Waals surface area (Å²) < 4.78 is 16.9. The highest BCUT2D eigenvalue weighted by Gasteiger charge is 2.19. The third-order valence-electron chi connectivity index (χ3n) is 13.7. The molecule has 0 heterocycles. The van der Waals surface area contributed by atoms with Gasteiger partial charge in [0.25, 0.3) is 0 Å². The van der Waals surface area contributed by atoms with E-state index in [1.54, 1.807) is 0 Å². The van der Waals surface area contributed by atoms with Crippen LogP contribution in [0.4, 0.5) is 0 Å². The first-order valence-electron chi connectivity index (χ1n) is 29.7. The van der Waals surface area contributed by atoms with Crippen molar-refractivity contribution in [3.8, 4) is 0 Å². The second kappa shape index (κ2) is 52.8. The van der Waals surface area contributed by atoms with Crippen molar-refractivity contribution in [3.05, 3.63) is 0 Å². The zero-order valence-corrected chi connectivity index (χ0v) is 45.3. The number of rotatable bonds is 54. The van der Waals surface area contributed by atoms with Crippen LogP contribution in [0.1, 0.15) is 336 Å². The Labute approximate surface area is 412 Å². The van der Waals surface area contributed by atoms with Crippen LogP contribution in [0.15, 0.2) is 0 Å². The van der Waals surface area contributed by atoms with Gasteiger partial charge in [-0.1, -0.05) is 298 Å². The molecule has 0 rings (SSSR count). The van der Waals surface area contributed by atoms with Crippen molar-refractivity contribution in [2.75, 3.05) is 13.2 Å². The minimum Gasteiger partial charge on any atom is -0.462 e. The Morgan fingerprint density at radius 1 is 0.288 bits per heavy atom. The van der Waals surface area contributed by atoms with E-state index in [1.165, 1.54) is 225 Å². The molecule has 6 heteroatoms. The zero-order chi connectivity index (χ0) is 48.2. The average Bonchev–Trinajstić information content (AvgIpc) is 3.29. The summed E-state index contributed by atoms with van der Waals surface area (Å²) in [7, 11) is 0. The van der Waals surface area contributed by atoms with Crippen LogP contribution in [0.5, 0.6) is 0 Å². The van der Waals surface area contributed by atoms with Gasteiger partial charge in [-0.25, -0.2) is 0 Å². The Hall–Kier alpha value is -1.59. The van der Waals surface area contributed by atoms with E-state index in [0.29, 0.717) is 19.3 Å². The minimum absolute atomic E-state index is 0.0624. The molecule has 0 radical (unpaired) electrons. The molecule has 0 aromatic carbocycles. The van der Waals surface area contributed by atoms with Crippen molar-refractivity contribution < 1.29 is 28.6 Å². The van der Waals surface area contributed by atoms with Gasteiger partial charge in [0.15, 0.2) is 6.10 Å². The summed E-state index contributed by atoms with van der Waals surface area (Å²) in [5.74, 6) is 0.835. The summed E-state index contributed by atoms with van der Waals surface area (Å²) in [4.78, 5) is 38.2. The van der Waals surface area contributed by atoms with Gasteiger partial charge in [-0.15, -0.1) is 0 Å². The fourth-order valence-electron chi connectivity index (χ4n) is 9.23. The maximum absolute atomic E-state index is 12.9. The number of esters is 3. The van der Waals surface area contributed by atoms with Gasteiger partial charge in [0.05, 0.1) is 0 Å². The second-order valence-corrected chi connectivity index (χ2v) is 21.6. The standard InChI is InChI=1S/C60H116O6/c1-6-7-8-9-10-11-12-13-14-15-16-19-25-30-35-40-45-50-58(61)64-53-57(54-65-59(62)51-46-41-36-31-26-22-21-24-29-34-39-44-49-56(4)5)66-60(63)52-47-42-37-32-27-20-17-18-23-28-33-38-43-48-55(2)3/h55-57H,6-54H2,1-5H3/t57-/m0/s1. The van der Waals surface area contributed by atoms with Crippen LogP contribution in [0.2, 0.25) is 0 Å². The van der Waals surface area contributed by atoms with Crippen LogP contribution in [0.3, 0.4) is 0 Å². The molecule has 0 saturated carbocycles. The highest BCUT2D eigenvalue weighted by molar-refractivity contribution is 5.71. The molecular formula is C60H116O6. The lowest BCUT2D eigenvalue weighted by atomic mass is 10.0. The number of hydrogen-bond acceptors (Lipinski definition) is 6. The van der Waals surface area contributed by atoms with Crippen molar-refractivity contribution >= 4 is 17.9 Å². The molecule has 0 fully saturated rings. The monoisotopic (exact) mass is 933 g/mol. The van der Waals surface area contributed by atoms with Gasteiger partial charge in [-0.05, 0) is 31.1 Å². The van der Waals surface area contributed by atoms with E-state index in [4.69, 9.17) is 14.2 Å². The van der Waals surface area contributed by atoms with E-state index in [0.717, 1.165) is 69.6 Å². The first-order chi connectivity index (χ1) is 32.2. The Bertz CT molecular complexity index is 1010. The summed E-state index contributed by atoms with van der Waals surface area (Å²) in [5, 5.41) is 0. The van der Waals surface area contributed by atoms with Crippen LogP contribution in [0, 0.1) is 11.8 Å². The van der Waals surface area contributed by atoms with E-state index in [-0.39, 0.29) is 31.1 Å². The Balaban J connectivity index is 4.30. The number of hydrogen-bond donors (Lipinski definition) is 0. The number of unbranched alkanes of at least 4 members (excludes halogenated alkanes) is 39. The first kappa shape index (κ1) is 64.4. The number of carbonyl (C=O) groups is 3. The van der Waals surface area contributed by atoms with E-state index in [9.17, 15) is 14.4 Å². The maximum atomic E-state index is 12.9. The van der Waals surface area contributed by atoms with Gasteiger partial charge < -0.3 is 14.2 Å². The van der Waals surface area contributed by atoms with Crippen molar-refractivity contribution in [3.63, 3.8) is 0 Å². The predicted molar refractivity (Wildman–Crippen MR) is 284 cm³/mol. The highest BCUT2D eigenvalue weighted by atomic mass is 16.6. The molecule has 392 valence electrons. The summed E-state index contributed by atoms with van der Waals surface area (Å²) in [6.07, 6.45) is 56.6. The maximum Gasteiger partial charge on any atom is 0.306 e. The van der Waals surface area contributed by atoms with Crippen LogP contribution >= 0.6 is 0 Å². The zero-order valence-electron chi connectivity index (χ0n) is 45.3. The molecule has 0 spiro atoms. The normalized spacial score (nSPS) is 12.0. The molecule has 0 aromatic rings. The Morgan fingerprint density at radius 2 is 0.500 bits per heavy atom. The van der Waals surface area contributed by atoms with E-state index in [2.05, 4.69) is 34.6 Å². The summed E-state index contributed by atoms with van der Waals surface area (Å²) in [5.41, 5.74) is 0. The molecule has 0 aliphatic rings. The number of ether oxygens (including phenoxy) is 3. The van der Waals surface area contributed by atoms with Crippen LogP contribution < -0.4 is 0 Å². The van der Waals surface area contributed by atoms with Gasteiger partial charge in [-0.3, -0.25) is 14.4 Å². The molecule has 0 amide bonds. The van der Waals surface area contributed by atoms with Crippen LogP contribution in [-0.4, -0.2) is 37.2 Å². The number of carbonyl (C=O) groups excluding carboxylic acids is 3. The fraction of sp³-hybridized carbons (Fsp3) is 0.950. The smallest absolute Gasteiger partial charge is 0.306 e. The summed E-state index contributed by atoms with van der Waals surface area (Å²) in [6.45, 7) is 11.4. The van der Waals surface area contributed by atoms with Gasteiger partial charge in [-0.2, -0.15) is 0 Å². The van der Waals surface area contributed by atoms with Gasteiger partial charge in [0, 0.05) is 19.3 Å². The topological polar surface area (TPSA) is 78.9 Å². The lowest BCUT2D eigenvalue weighted by Gasteiger charge is -2.18. The van der Waals surface area contributed by atoms with Crippen molar-refractivity contribution in [1.29, 1.82) is 0 Å². The molecule has 0 N–H and O–H groups in total. The quantitative estimate of drug-likeness (QED) is 0.0343. The van der Waals surface area contributed by atoms with Gasteiger partial charge in [0.2, 0.25) is 0 Å². The third kappa shape index (κ3) is 53.4. The third-order valence-corrected chi connectivity index (χ3v) is 13.7. The fourth-order valence-corrected chi connectivity index (χ4v) is 9.23. The molecule has 0 bridgehead atoms. The summed E-state index contributed by atoms with van der Waals surface area (Å²) in [6, 6.07) is 0. The van der Waals surface area contributed by atoms with Crippen molar-refractivity contribution in [1.82, 2.24) is 0 Å². The highest BCUT2D eigenvalue weighted by Crippen LogP contribution is 2.18. The second-order valence-electron chi connectivity index (χ2n) is 21.6. The molecule has 0 aromatic heterocycles. The molecule has 66 heavy (non-hydrogen) atoms. The Kier molecular flexibility index (Phi) is 51.5. The predicted octanol–water partition coefficient (Wildman–Crippen LogP) is 19.7. The van der Waals surface area contributed by atoms with E-state index in [1.807, 2.05) is 0 Å². The molecular weight excluding hydrogens is 817 g/mol. The summed E-state index contributed by atoms with van der Waals surface area (Å²) >= 11 is 0. The molecule has 1 atom stereocenters. The van der Waals surface area contributed by atoms with Crippen LogP contribution in [0.25, 0.3) is 0 Å². The van der Waals surface area contributed by atoms with Crippen LogP contribution in [-0.2, 0) is 28.6 Å². The molecule has 0 unspecified atom stereocenters. The molecule has 6 nitrogen and oxygen atoms in total. The van der Waals surface area contributed by atoms with Crippen molar-refractivity contribution in [2.24, 2.45) is 11.8 Å². The SMILES string of the molecule is CCCCCCCCCCCCCCCCCCCC(=O)OC[C@@H](COC(=O)CCCCCCCCCCCCCCC(C)C)OC(=O)CCCCCCCCCCCCCCCC(C)C. The first-order valence-corrected chi connectivity index (χ1v) is 29.7. The lowest BCUT2D eigenvalue weighted by Crippen LogP contribution is -2.30. The largest absolute Gasteiger partial charge is 0.462 e. The Morgan fingerprint density at radius 3 is 0.742 bits per heavy atom.